The Kier molecular flexibility index (Phi) is 7.54. The normalized spacial score (nSPS) is 16.3. The summed E-state index contributed by atoms with van der Waals surface area (Å²) in [5.41, 5.74) is 0.381. The van der Waals surface area contributed by atoms with Crippen LogP contribution in [0.1, 0.15) is 30.6 Å². The van der Waals surface area contributed by atoms with Gasteiger partial charge in [0, 0.05) is 18.7 Å². The van der Waals surface area contributed by atoms with Crippen LogP contribution in [0.15, 0.2) is 24.3 Å². The van der Waals surface area contributed by atoms with Crippen LogP contribution in [0.4, 0.5) is 0 Å². The van der Waals surface area contributed by atoms with E-state index in [1.165, 1.54) is 4.90 Å². The first kappa shape index (κ1) is 20.6. The van der Waals surface area contributed by atoms with Crippen molar-refractivity contribution in [2.45, 2.75) is 26.3 Å². The van der Waals surface area contributed by atoms with Gasteiger partial charge in [-0.2, -0.15) is 0 Å². The molecule has 0 bridgehead atoms. The second-order valence-electron chi connectivity index (χ2n) is 5.73. The van der Waals surface area contributed by atoms with E-state index in [0.29, 0.717) is 31.0 Å². The van der Waals surface area contributed by atoms with Gasteiger partial charge in [0.15, 0.2) is 5.11 Å². The average Bonchev–Trinajstić information content (AvgIpc) is 2.64. The molecule has 2 rings (SSSR count). The quantitative estimate of drug-likeness (QED) is 0.546. The number of hydrogen-bond acceptors (Lipinski definition) is 6. The monoisotopic (exact) mass is 393 g/mol. The molecule has 0 saturated carbocycles. The molecule has 0 radical (unpaired) electrons. The fraction of sp³-hybridized carbons (Fsp3) is 0.444. The van der Waals surface area contributed by atoms with Crippen LogP contribution >= 0.6 is 12.2 Å². The number of carbonyl (C=O) groups is 3. The van der Waals surface area contributed by atoms with Crippen molar-refractivity contribution in [2.24, 2.45) is 0 Å². The van der Waals surface area contributed by atoms with E-state index in [9.17, 15) is 14.4 Å². The molecular weight excluding hydrogens is 370 g/mol. The van der Waals surface area contributed by atoms with Crippen LogP contribution in [0.5, 0.6) is 5.75 Å². The van der Waals surface area contributed by atoms with E-state index in [2.05, 4.69) is 10.6 Å². The minimum Gasteiger partial charge on any atom is -0.494 e. The number of nitrogens with one attached hydrogen (secondary N) is 2. The Balaban J connectivity index is 2.07. The lowest BCUT2D eigenvalue weighted by atomic mass is 10.1. The summed E-state index contributed by atoms with van der Waals surface area (Å²) >= 11 is 5.31. The van der Waals surface area contributed by atoms with Gasteiger partial charge in [0.05, 0.1) is 19.6 Å². The molecule has 9 heteroatoms. The number of ether oxygens (including phenoxy) is 2. The molecule has 2 amide bonds. The Hall–Kier alpha value is -2.68. The zero-order valence-corrected chi connectivity index (χ0v) is 16.1. The van der Waals surface area contributed by atoms with Crippen LogP contribution in [0.25, 0.3) is 0 Å². The number of benzene rings is 1. The summed E-state index contributed by atoms with van der Waals surface area (Å²) in [4.78, 5) is 38.0. The molecule has 0 aliphatic carbocycles. The van der Waals surface area contributed by atoms with E-state index in [0.717, 1.165) is 0 Å². The van der Waals surface area contributed by atoms with Gasteiger partial charge in [-0.1, -0.05) is 6.07 Å². The molecule has 1 aromatic rings. The lowest BCUT2D eigenvalue weighted by molar-refractivity contribution is -0.147. The fourth-order valence-electron chi connectivity index (χ4n) is 2.67. The van der Waals surface area contributed by atoms with Gasteiger partial charge < -0.3 is 19.7 Å². The molecule has 8 nitrogen and oxygen atoms in total. The highest BCUT2D eigenvalue weighted by Gasteiger charge is 2.34. The molecule has 27 heavy (non-hydrogen) atoms. The third kappa shape index (κ3) is 5.65. The van der Waals surface area contributed by atoms with Gasteiger partial charge in [-0.15, -0.1) is 0 Å². The minimum atomic E-state index is -0.819. The van der Waals surface area contributed by atoms with Crippen LogP contribution in [-0.2, 0) is 14.3 Å². The molecule has 1 atom stereocenters. The Morgan fingerprint density at radius 1 is 1.33 bits per heavy atom. The summed E-state index contributed by atoms with van der Waals surface area (Å²) in [5.74, 6) is -0.664. The van der Waals surface area contributed by atoms with Crippen molar-refractivity contribution in [1.82, 2.24) is 15.5 Å². The lowest BCUT2D eigenvalue weighted by Gasteiger charge is -2.36. The Morgan fingerprint density at radius 3 is 2.81 bits per heavy atom. The molecular formula is C18H23N3O5S. The molecule has 2 N–H and O–H groups in total. The first-order chi connectivity index (χ1) is 13.0. The highest BCUT2D eigenvalue weighted by atomic mass is 32.1. The summed E-state index contributed by atoms with van der Waals surface area (Å²) in [6.07, 6.45) is -0.143. The maximum atomic E-state index is 12.5. The van der Waals surface area contributed by atoms with Gasteiger partial charge in [-0.05, 0) is 44.3 Å². The third-order valence-corrected chi connectivity index (χ3v) is 4.22. The molecule has 0 spiro atoms. The number of thiocarbonyl (C=S) groups is 1. The van der Waals surface area contributed by atoms with Gasteiger partial charge in [0.2, 0.25) is 5.91 Å². The molecule has 1 heterocycles. The first-order valence-electron chi connectivity index (χ1n) is 8.74. The van der Waals surface area contributed by atoms with E-state index in [-0.39, 0.29) is 24.0 Å². The van der Waals surface area contributed by atoms with Gasteiger partial charge in [0.1, 0.15) is 11.8 Å². The van der Waals surface area contributed by atoms with Crippen molar-refractivity contribution >= 4 is 35.1 Å². The van der Waals surface area contributed by atoms with Gasteiger partial charge >= 0.3 is 5.97 Å². The van der Waals surface area contributed by atoms with Gasteiger partial charge in [-0.25, -0.2) is 0 Å². The molecule has 146 valence electrons. The van der Waals surface area contributed by atoms with Crippen molar-refractivity contribution in [3.63, 3.8) is 0 Å². The third-order valence-electron chi connectivity index (χ3n) is 3.88. The van der Waals surface area contributed by atoms with Crippen molar-refractivity contribution in [2.75, 3.05) is 26.3 Å². The van der Waals surface area contributed by atoms with E-state index in [4.69, 9.17) is 21.7 Å². The van der Waals surface area contributed by atoms with Crippen LogP contribution in [0, 0.1) is 0 Å². The number of esters is 1. The second kappa shape index (κ2) is 9.86. The van der Waals surface area contributed by atoms with Crippen LogP contribution in [0.2, 0.25) is 0 Å². The standard InChI is InChI=1S/C18H23N3O5S/c1-3-25-13-7-5-6-12(10-13)16(23)20-18(27)21-9-8-19-17(24)14(21)11-15(22)26-4-2/h5-7,10,14H,3-4,8-9,11H2,1-2H3,(H,19,24)(H,20,23,27). The first-order valence-corrected chi connectivity index (χ1v) is 9.15. The van der Waals surface area contributed by atoms with Crippen LogP contribution in [-0.4, -0.2) is 60.1 Å². The predicted molar refractivity (Wildman–Crippen MR) is 102 cm³/mol. The SMILES string of the molecule is CCOC(=O)CC1C(=O)NCCN1C(=S)NC(=O)c1cccc(OCC)c1. The Labute approximate surface area is 163 Å². The molecule has 1 unspecified atom stereocenters. The van der Waals surface area contributed by atoms with Crippen LogP contribution < -0.4 is 15.4 Å². The smallest absolute Gasteiger partial charge is 0.308 e. The number of hydrogen-bond donors (Lipinski definition) is 2. The maximum Gasteiger partial charge on any atom is 0.308 e. The second-order valence-corrected chi connectivity index (χ2v) is 6.12. The topological polar surface area (TPSA) is 97.0 Å². The molecule has 1 aliphatic heterocycles. The minimum absolute atomic E-state index is 0.0889. The maximum absolute atomic E-state index is 12.5. The van der Waals surface area contributed by atoms with E-state index in [1.54, 1.807) is 31.2 Å². The Bertz CT molecular complexity index is 725. The van der Waals surface area contributed by atoms with Crippen molar-refractivity contribution < 1.29 is 23.9 Å². The largest absolute Gasteiger partial charge is 0.494 e. The summed E-state index contributed by atoms with van der Waals surface area (Å²) in [6.45, 7) is 5.01. The number of amides is 2. The molecule has 0 aromatic heterocycles. The molecule has 1 aromatic carbocycles. The highest BCUT2D eigenvalue weighted by molar-refractivity contribution is 7.80. The van der Waals surface area contributed by atoms with Crippen LogP contribution in [0.3, 0.4) is 0 Å². The molecule has 1 fully saturated rings. The van der Waals surface area contributed by atoms with E-state index < -0.39 is 17.9 Å². The number of carbonyl (C=O) groups excluding carboxylic acids is 3. The molecule has 1 aliphatic rings. The average molecular weight is 393 g/mol. The number of piperazine rings is 1. The summed E-state index contributed by atoms with van der Waals surface area (Å²) in [6, 6.07) is 5.89. The van der Waals surface area contributed by atoms with Crippen molar-refractivity contribution in [3.8, 4) is 5.75 Å². The lowest BCUT2D eigenvalue weighted by Crippen LogP contribution is -2.60. The zero-order valence-electron chi connectivity index (χ0n) is 15.3. The number of nitrogens with zero attached hydrogens (tertiary/aromatic N) is 1. The van der Waals surface area contributed by atoms with E-state index >= 15 is 0 Å². The van der Waals surface area contributed by atoms with Gasteiger partial charge in [-0.3, -0.25) is 19.7 Å². The highest BCUT2D eigenvalue weighted by Crippen LogP contribution is 2.14. The Morgan fingerprint density at radius 2 is 2.11 bits per heavy atom. The van der Waals surface area contributed by atoms with Crippen molar-refractivity contribution in [1.29, 1.82) is 0 Å². The van der Waals surface area contributed by atoms with E-state index in [1.807, 2.05) is 6.92 Å². The molecule has 1 saturated heterocycles. The summed E-state index contributed by atoms with van der Waals surface area (Å²) in [7, 11) is 0. The zero-order chi connectivity index (χ0) is 19.8. The predicted octanol–water partition coefficient (Wildman–Crippen LogP) is 0.854. The fourth-order valence-corrected chi connectivity index (χ4v) is 2.98. The summed E-state index contributed by atoms with van der Waals surface area (Å²) in [5, 5.41) is 5.40. The number of rotatable bonds is 6. The van der Waals surface area contributed by atoms with Crippen molar-refractivity contribution in [3.05, 3.63) is 29.8 Å². The van der Waals surface area contributed by atoms with Gasteiger partial charge in [0.25, 0.3) is 5.91 Å². The summed E-state index contributed by atoms with van der Waals surface area (Å²) < 4.78 is 10.3.